The van der Waals surface area contributed by atoms with Crippen molar-refractivity contribution in [3.63, 3.8) is 0 Å². The molecule has 9 heteroatoms. The van der Waals surface area contributed by atoms with Gasteiger partial charge in [-0.2, -0.15) is 0 Å². The molecule has 134 valence electrons. The number of nitrogens with zero attached hydrogens (tertiary/aromatic N) is 1. The van der Waals surface area contributed by atoms with Crippen molar-refractivity contribution in [1.29, 1.82) is 0 Å². The molecule has 0 bridgehead atoms. The minimum atomic E-state index is -1.19. The molecular weight excluding hydrogens is 348 g/mol. The van der Waals surface area contributed by atoms with Gasteiger partial charge in [-0.05, 0) is 24.3 Å². The first-order valence-electron chi connectivity index (χ1n) is 7.46. The molecule has 1 aliphatic heterocycles. The van der Waals surface area contributed by atoms with Crippen LogP contribution in [0, 0.1) is 0 Å². The number of nitrogens with one attached hydrogen (secondary N) is 1. The van der Waals surface area contributed by atoms with E-state index in [1.54, 1.807) is 24.3 Å². The number of carbonyl (C=O) groups excluding carboxylic acids is 3. The molecule has 1 fully saturated rings. The predicted molar refractivity (Wildman–Crippen MR) is 91.6 cm³/mol. The molecule has 1 saturated heterocycles. The standard InChI is InChI=1S/C16H18N2O6S/c1-9(19)17-12(16(22)23)8-25-13-7-14(20)18(15(13)21)10-3-5-11(24-2)6-4-10/h3-6,12-13H,7-8H2,1-2H3,(H,17,19)(H,22,23). The Bertz CT molecular complexity index is 690. The van der Waals surface area contributed by atoms with Gasteiger partial charge in [-0.15, -0.1) is 11.8 Å². The lowest BCUT2D eigenvalue weighted by atomic mass is 10.3. The molecule has 2 unspecified atom stereocenters. The second-order valence-electron chi connectivity index (χ2n) is 5.38. The van der Waals surface area contributed by atoms with Gasteiger partial charge in [-0.3, -0.25) is 14.4 Å². The van der Waals surface area contributed by atoms with Crippen molar-refractivity contribution < 1.29 is 29.0 Å². The van der Waals surface area contributed by atoms with Crippen molar-refractivity contribution in [3.05, 3.63) is 24.3 Å². The van der Waals surface area contributed by atoms with Gasteiger partial charge in [0, 0.05) is 19.1 Å². The fourth-order valence-electron chi connectivity index (χ4n) is 2.37. The van der Waals surface area contributed by atoms with Crippen molar-refractivity contribution >= 4 is 41.1 Å². The zero-order chi connectivity index (χ0) is 18.6. The Morgan fingerprint density at radius 1 is 1.36 bits per heavy atom. The van der Waals surface area contributed by atoms with Gasteiger partial charge in [0.25, 0.3) is 0 Å². The number of carboxylic acids is 1. The molecule has 1 aromatic rings. The summed E-state index contributed by atoms with van der Waals surface area (Å²) in [5.41, 5.74) is 0.440. The average Bonchev–Trinajstić information content (AvgIpc) is 2.85. The van der Waals surface area contributed by atoms with Crippen LogP contribution in [0.3, 0.4) is 0 Å². The smallest absolute Gasteiger partial charge is 0.327 e. The maximum absolute atomic E-state index is 12.5. The molecule has 0 aromatic heterocycles. The van der Waals surface area contributed by atoms with Crippen LogP contribution in [0.25, 0.3) is 0 Å². The third-order valence-corrected chi connectivity index (χ3v) is 4.87. The SMILES string of the molecule is COc1ccc(N2C(=O)CC(SCC(NC(C)=O)C(=O)O)C2=O)cc1. The van der Waals surface area contributed by atoms with E-state index in [-0.39, 0.29) is 18.1 Å². The number of methoxy groups -OCH3 is 1. The molecule has 2 atom stereocenters. The Morgan fingerprint density at radius 2 is 2.00 bits per heavy atom. The third kappa shape index (κ3) is 4.50. The summed E-state index contributed by atoms with van der Waals surface area (Å²) < 4.78 is 5.04. The lowest BCUT2D eigenvalue weighted by Gasteiger charge is -2.17. The summed E-state index contributed by atoms with van der Waals surface area (Å²) in [5, 5.41) is 10.7. The highest BCUT2D eigenvalue weighted by Gasteiger charge is 2.40. The van der Waals surface area contributed by atoms with E-state index in [1.165, 1.54) is 14.0 Å². The van der Waals surface area contributed by atoms with Gasteiger partial charge in [0.1, 0.15) is 11.8 Å². The molecule has 0 aliphatic carbocycles. The van der Waals surface area contributed by atoms with E-state index in [0.29, 0.717) is 11.4 Å². The average molecular weight is 366 g/mol. The van der Waals surface area contributed by atoms with Crippen molar-refractivity contribution in [2.75, 3.05) is 17.8 Å². The van der Waals surface area contributed by atoms with Gasteiger partial charge in [-0.1, -0.05) is 0 Å². The highest BCUT2D eigenvalue weighted by atomic mass is 32.2. The molecular formula is C16H18N2O6S. The number of amides is 3. The minimum Gasteiger partial charge on any atom is -0.497 e. The first-order valence-corrected chi connectivity index (χ1v) is 8.50. The minimum absolute atomic E-state index is 0.00491. The number of ether oxygens (including phenoxy) is 1. The van der Waals surface area contributed by atoms with Gasteiger partial charge in [-0.25, -0.2) is 9.69 Å². The van der Waals surface area contributed by atoms with Crippen molar-refractivity contribution in [2.24, 2.45) is 0 Å². The first kappa shape index (κ1) is 18.8. The Labute approximate surface area is 148 Å². The maximum Gasteiger partial charge on any atom is 0.327 e. The molecule has 0 radical (unpaired) electrons. The van der Waals surface area contributed by atoms with Gasteiger partial charge in [0.15, 0.2) is 0 Å². The third-order valence-electron chi connectivity index (χ3n) is 3.58. The van der Waals surface area contributed by atoms with Crippen LogP contribution in [0.4, 0.5) is 5.69 Å². The predicted octanol–water partition coefficient (Wildman–Crippen LogP) is 0.650. The van der Waals surface area contributed by atoms with Crippen molar-refractivity contribution in [3.8, 4) is 5.75 Å². The quantitative estimate of drug-likeness (QED) is 0.681. The Morgan fingerprint density at radius 3 is 2.52 bits per heavy atom. The zero-order valence-electron chi connectivity index (χ0n) is 13.7. The fraction of sp³-hybridized carbons (Fsp3) is 0.375. The van der Waals surface area contributed by atoms with E-state index in [4.69, 9.17) is 9.84 Å². The molecule has 1 aromatic carbocycles. The number of rotatable bonds is 7. The molecule has 1 aliphatic rings. The molecule has 0 spiro atoms. The monoisotopic (exact) mass is 366 g/mol. The number of carboxylic acid groups (broad SMARTS) is 1. The summed E-state index contributed by atoms with van der Waals surface area (Å²) in [6, 6.07) is 5.40. The van der Waals surface area contributed by atoms with Crippen molar-refractivity contribution in [1.82, 2.24) is 5.32 Å². The topological polar surface area (TPSA) is 113 Å². The summed E-state index contributed by atoms with van der Waals surface area (Å²) in [7, 11) is 1.52. The van der Waals surface area contributed by atoms with Gasteiger partial charge < -0.3 is 15.2 Å². The Kier molecular flexibility index (Phi) is 6.02. The Hall–Kier alpha value is -2.55. The normalized spacial score (nSPS) is 18.2. The number of hydrogen-bond acceptors (Lipinski definition) is 6. The molecule has 0 saturated carbocycles. The van der Waals surface area contributed by atoms with E-state index in [0.717, 1.165) is 16.7 Å². The molecule has 8 nitrogen and oxygen atoms in total. The van der Waals surface area contributed by atoms with Crippen LogP contribution in [-0.4, -0.2) is 53.0 Å². The van der Waals surface area contributed by atoms with Crippen LogP contribution < -0.4 is 15.0 Å². The summed E-state index contributed by atoms with van der Waals surface area (Å²) in [4.78, 5) is 47.9. The van der Waals surface area contributed by atoms with Gasteiger partial charge >= 0.3 is 5.97 Å². The van der Waals surface area contributed by atoms with E-state index < -0.39 is 29.1 Å². The van der Waals surface area contributed by atoms with Crippen LogP contribution in [0.15, 0.2) is 24.3 Å². The van der Waals surface area contributed by atoms with E-state index in [9.17, 15) is 19.2 Å². The number of hydrogen-bond donors (Lipinski definition) is 2. The molecule has 2 rings (SSSR count). The maximum atomic E-state index is 12.5. The second-order valence-corrected chi connectivity index (χ2v) is 6.62. The Balaban J connectivity index is 2.04. The number of carbonyl (C=O) groups is 4. The van der Waals surface area contributed by atoms with Crippen LogP contribution >= 0.6 is 11.8 Å². The van der Waals surface area contributed by atoms with E-state index >= 15 is 0 Å². The first-order chi connectivity index (χ1) is 11.8. The second kappa shape index (κ2) is 8.02. The summed E-state index contributed by atoms with van der Waals surface area (Å²) in [5.74, 6) is -1.80. The highest BCUT2D eigenvalue weighted by molar-refractivity contribution is 8.00. The van der Waals surface area contributed by atoms with Crippen molar-refractivity contribution in [2.45, 2.75) is 24.6 Å². The fourth-order valence-corrected chi connectivity index (χ4v) is 3.53. The summed E-state index contributed by atoms with van der Waals surface area (Å²) in [6.07, 6.45) is -0.0120. The lowest BCUT2D eigenvalue weighted by Crippen LogP contribution is -2.42. The van der Waals surface area contributed by atoms with E-state index in [1.807, 2.05) is 0 Å². The van der Waals surface area contributed by atoms with Crippen LogP contribution in [0.5, 0.6) is 5.75 Å². The lowest BCUT2D eigenvalue weighted by molar-refractivity contribution is -0.140. The van der Waals surface area contributed by atoms with Crippen LogP contribution in [-0.2, 0) is 19.2 Å². The number of benzene rings is 1. The zero-order valence-corrected chi connectivity index (χ0v) is 14.5. The molecule has 3 amide bonds. The number of imide groups is 1. The van der Waals surface area contributed by atoms with Crippen LogP contribution in [0.2, 0.25) is 0 Å². The largest absolute Gasteiger partial charge is 0.497 e. The van der Waals surface area contributed by atoms with Crippen LogP contribution in [0.1, 0.15) is 13.3 Å². The number of thioether (sulfide) groups is 1. The molecule has 1 heterocycles. The number of aliphatic carboxylic acids is 1. The summed E-state index contributed by atoms with van der Waals surface area (Å²) in [6.45, 7) is 1.22. The highest BCUT2D eigenvalue weighted by Crippen LogP contribution is 2.30. The molecule has 25 heavy (non-hydrogen) atoms. The summed E-state index contributed by atoms with van der Waals surface area (Å²) >= 11 is 1.05. The molecule has 2 N–H and O–H groups in total. The number of anilines is 1. The van der Waals surface area contributed by atoms with Gasteiger partial charge in [0.05, 0.1) is 18.0 Å². The van der Waals surface area contributed by atoms with E-state index in [2.05, 4.69) is 5.32 Å². The van der Waals surface area contributed by atoms with Gasteiger partial charge in [0.2, 0.25) is 17.7 Å².